The van der Waals surface area contributed by atoms with Gasteiger partial charge in [-0.25, -0.2) is 22.4 Å². The van der Waals surface area contributed by atoms with Gasteiger partial charge in [-0.1, -0.05) is 32.4 Å². The Kier molecular flexibility index (Phi) is 16.2. The number of nitrogens with zero attached hydrogens (tertiary/aromatic N) is 2. The molecule has 2 fully saturated rings. The highest BCUT2D eigenvalue weighted by atomic mass is 32.2. The first-order chi connectivity index (χ1) is 22.3. The van der Waals surface area contributed by atoms with E-state index in [9.17, 15) is 31.7 Å². The van der Waals surface area contributed by atoms with E-state index < -0.39 is 29.0 Å². The van der Waals surface area contributed by atoms with Crippen molar-refractivity contribution in [1.29, 1.82) is 0 Å². The highest BCUT2D eigenvalue weighted by Gasteiger charge is 2.54. The van der Waals surface area contributed by atoms with Crippen LogP contribution >= 0.6 is 0 Å². The quantitative estimate of drug-likeness (QED) is 0.145. The maximum absolute atomic E-state index is 12.5. The summed E-state index contributed by atoms with van der Waals surface area (Å²) in [5, 5.41) is 10.5. The van der Waals surface area contributed by atoms with Crippen LogP contribution in [0.1, 0.15) is 96.1 Å². The predicted octanol–water partition coefficient (Wildman–Crippen LogP) is 7.80. The monoisotopic (exact) mass is 700 g/mol. The minimum absolute atomic E-state index is 0.00215. The van der Waals surface area contributed by atoms with Crippen LogP contribution in [0.4, 0.5) is 22.4 Å². The van der Waals surface area contributed by atoms with Gasteiger partial charge in [0, 0.05) is 48.9 Å². The van der Waals surface area contributed by atoms with E-state index in [1.165, 1.54) is 29.5 Å². The molecule has 0 aromatic heterocycles. The Morgan fingerprint density at radius 3 is 2.33 bits per heavy atom. The molecular weight excluding hydrogens is 643 g/mol. The number of likely N-dealkylation sites (N-methyl/N-ethyl adjacent to an activating group) is 2. The molecule has 6 nitrogen and oxygen atoms in total. The summed E-state index contributed by atoms with van der Waals surface area (Å²) >= 11 is 0. The Morgan fingerprint density at radius 2 is 1.77 bits per heavy atom. The minimum atomic E-state index is -4.50. The first kappa shape index (κ1) is 42.3. The van der Waals surface area contributed by atoms with Gasteiger partial charge in [-0.15, -0.1) is 6.58 Å². The molecule has 272 valence electrons. The third-order valence-electron chi connectivity index (χ3n) is 10.3. The fourth-order valence-electron chi connectivity index (χ4n) is 6.98. The van der Waals surface area contributed by atoms with Crippen molar-refractivity contribution in [2.75, 3.05) is 45.7 Å². The number of carbonyl (C=O) groups excluding carboxylic acids is 1. The third kappa shape index (κ3) is 11.6. The summed E-state index contributed by atoms with van der Waals surface area (Å²) in [7, 11) is 8.57. The van der Waals surface area contributed by atoms with Gasteiger partial charge in [-0.05, 0) is 119 Å². The Hall–Kier alpha value is -1.92. The van der Waals surface area contributed by atoms with E-state index in [0.717, 1.165) is 38.6 Å². The molecular formula is C36H57BF4N2O4S. The number of allylic oxidation sites excluding steroid dienone is 1. The largest absolute Gasteiger partial charge is 0.415 e. The molecule has 1 N–H and O–H groups in total. The lowest BCUT2D eigenvalue weighted by Crippen LogP contribution is -2.43. The van der Waals surface area contributed by atoms with Crippen LogP contribution in [0.5, 0.6) is 5.75 Å². The number of aliphatic hydroxyl groups is 1. The highest BCUT2D eigenvalue weighted by molar-refractivity contribution is 7.84. The zero-order valence-corrected chi connectivity index (χ0v) is 30.8. The number of hydrogen-bond acceptors (Lipinski definition) is 5. The second-order valence-electron chi connectivity index (χ2n) is 14.2. The van der Waals surface area contributed by atoms with E-state index in [4.69, 9.17) is 4.74 Å². The Morgan fingerprint density at radius 1 is 1.12 bits per heavy atom. The van der Waals surface area contributed by atoms with Crippen LogP contribution in [0.25, 0.3) is 0 Å². The molecule has 3 aliphatic rings. The standard InChI is InChI=1S/C24H36N2O3.C7H11BF4OS.C5H10/c1-24-12-11-19-18-8-6-17(29-23(28)26(4)14-13-25(2)3)15-16(18)5-7-20(19)21(24)9-10-22(24)27;1-2-14(13)5-3-4-6(9,10)7(8,11)12;1-4-5(2)3/h6,8,15,19-22,27H,5,7,9-14H2,1-4H3;2-5H2,1H3;2,4H2,1,3H3. The molecule has 3 aliphatic carbocycles. The molecule has 0 heterocycles. The number of carbonyl (C=O) groups is 1. The number of halogens is 4. The average Bonchev–Trinajstić information content (AvgIpc) is 3.33. The van der Waals surface area contributed by atoms with Gasteiger partial charge >= 0.3 is 6.09 Å². The van der Waals surface area contributed by atoms with Crippen molar-refractivity contribution in [2.45, 2.75) is 109 Å². The minimum Gasteiger partial charge on any atom is -0.410 e. The summed E-state index contributed by atoms with van der Waals surface area (Å²) in [4.78, 5) is 16.1. The number of amides is 1. The smallest absolute Gasteiger partial charge is 0.410 e. The van der Waals surface area contributed by atoms with Crippen LogP contribution in [-0.4, -0.2) is 96.6 Å². The van der Waals surface area contributed by atoms with Gasteiger partial charge < -0.3 is 19.6 Å². The van der Waals surface area contributed by atoms with E-state index in [-0.39, 0.29) is 29.8 Å². The van der Waals surface area contributed by atoms with E-state index in [2.05, 4.69) is 45.3 Å². The number of aliphatic hydroxyl groups excluding tert-OH is 1. The summed E-state index contributed by atoms with van der Waals surface area (Å²) in [6, 6.07) is 6.25. The predicted molar refractivity (Wildman–Crippen MR) is 188 cm³/mol. The van der Waals surface area contributed by atoms with Crippen molar-refractivity contribution < 1.29 is 36.4 Å². The van der Waals surface area contributed by atoms with Crippen LogP contribution in [0.15, 0.2) is 30.4 Å². The zero-order chi connectivity index (χ0) is 36.4. The van der Waals surface area contributed by atoms with Crippen LogP contribution in [0.2, 0.25) is 0 Å². The molecule has 1 aromatic rings. The average molecular weight is 701 g/mol. The SMILES string of the molecule is C=C(C)CC.CN(C)CCN(C)C(=O)Oc1ccc2c(c1)CCC1C2CCC2(C)C(O)CCC12.[B]C(F)(F)C(F)(F)CCCS(=O)CC. The van der Waals surface area contributed by atoms with Gasteiger partial charge in [0.1, 0.15) is 5.75 Å². The first-order valence-corrected chi connectivity index (χ1v) is 18.7. The van der Waals surface area contributed by atoms with Crippen LogP contribution in [0, 0.1) is 17.3 Å². The van der Waals surface area contributed by atoms with Crippen LogP contribution in [-0.2, 0) is 17.2 Å². The van der Waals surface area contributed by atoms with Crippen molar-refractivity contribution in [1.82, 2.24) is 9.80 Å². The van der Waals surface area contributed by atoms with Crippen molar-refractivity contribution in [2.24, 2.45) is 17.3 Å². The summed E-state index contributed by atoms with van der Waals surface area (Å²) in [6.45, 7) is 13.2. The summed E-state index contributed by atoms with van der Waals surface area (Å²) in [5.41, 5.74) is 4.16. The fraction of sp³-hybridized carbons (Fsp3) is 0.750. The molecule has 2 radical (unpaired) electrons. The van der Waals surface area contributed by atoms with Crippen molar-refractivity contribution >= 4 is 24.7 Å². The maximum Gasteiger partial charge on any atom is 0.415 e. The zero-order valence-electron chi connectivity index (χ0n) is 30.0. The van der Waals surface area contributed by atoms with Crippen molar-refractivity contribution in [3.8, 4) is 5.75 Å². The number of ether oxygens (including phenoxy) is 1. The molecule has 6 atom stereocenters. The lowest BCUT2D eigenvalue weighted by atomic mass is 9.55. The van der Waals surface area contributed by atoms with E-state index >= 15 is 0 Å². The molecule has 2 saturated carbocycles. The number of fused-ring (bicyclic) bond motifs is 5. The van der Waals surface area contributed by atoms with Gasteiger partial charge in [-0.2, -0.15) is 0 Å². The van der Waals surface area contributed by atoms with Gasteiger partial charge in [0.25, 0.3) is 11.7 Å². The molecule has 48 heavy (non-hydrogen) atoms. The molecule has 4 rings (SSSR count). The lowest BCUT2D eigenvalue weighted by Gasteiger charge is -2.50. The van der Waals surface area contributed by atoms with Crippen molar-refractivity contribution in [3.05, 3.63) is 41.5 Å². The van der Waals surface area contributed by atoms with Gasteiger partial charge in [0.15, 0.2) is 7.85 Å². The first-order valence-electron chi connectivity index (χ1n) is 17.2. The number of benzene rings is 1. The van der Waals surface area contributed by atoms with E-state index in [1.807, 2.05) is 27.1 Å². The summed E-state index contributed by atoms with van der Waals surface area (Å²) in [5.74, 6) is -5.80. The third-order valence-corrected chi connectivity index (χ3v) is 11.7. The second kappa shape index (κ2) is 18.4. The number of hydrogen-bond donors (Lipinski definition) is 1. The molecule has 1 aromatic carbocycles. The molecule has 0 aliphatic heterocycles. The summed E-state index contributed by atoms with van der Waals surface area (Å²) in [6.07, 6.45) is 6.07. The summed E-state index contributed by atoms with van der Waals surface area (Å²) < 4.78 is 65.6. The molecule has 6 unspecified atom stereocenters. The Balaban J connectivity index is 0.000000353. The molecule has 0 bridgehead atoms. The normalized spacial score (nSPS) is 25.3. The van der Waals surface area contributed by atoms with Gasteiger partial charge in [0.2, 0.25) is 0 Å². The molecule has 0 spiro atoms. The van der Waals surface area contributed by atoms with E-state index in [0.29, 0.717) is 35.8 Å². The Bertz CT molecular complexity index is 1230. The Labute approximate surface area is 289 Å². The van der Waals surface area contributed by atoms with Gasteiger partial charge in [-0.3, -0.25) is 4.21 Å². The van der Waals surface area contributed by atoms with E-state index in [1.54, 1.807) is 18.9 Å². The second-order valence-corrected chi connectivity index (χ2v) is 16.0. The molecule has 0 saturated heterocycles. The highest BCUT2D eigenvalue weighted by Crippen LogP contribution is 2.61. The number of rotatable bonds is 11. The topological polar surface area (TPSA) is 70.1 Å². The van der Waals surface area contributed by atoms with Crippen LogP contribution in [0.3, 0.4) is 0 Å². The fourth-order valence-corrected chi connectivity index (χ4v) is 7.74. The van der Waals surface area contributed by atoms with Gasteiger partial charge in [0.05, 0.1) is 6.10 Å². The molecule has 1 amide bonds. The molecule has 12 heteroatoms. The number of alkyl halides is 4. The van der Waals surface area contributed by atoms with Crippen molar-refractivity contribution in [3.63, 3.8) is 0 Å². The lowest BCUT2D eigenvalue weighted by molar-refractivity contribution is -0.161. The number of aryl methyl sites for hydroxylation is 1. The van der Waals surface area contributed by atoms with Crippen LogP contribution < -0.4 is 4.74 Å². The maximum atomic E-state index is 12.5.